The molecule has 49 heavy (non-hydrogen) atoms. The van der Waals surface area contributed by atoms with E-state index < -0.39 is 38.0 Å². The molecule has 1 fully saturated rings. The predicted octanol–water partition coefficient (Wildman–Crippen LogP) is 8.15. The number of hydrogen-bond donors (Lipinski definition) is 2. The number of rotatable bonds is 17. The largest absolute Gasteiger partial charge is 0.453 e. The molecule has 0 amide bonds. The van der Waals surface area contributed by atoms with Crippen molar-refractivity contribution in [1.82, 2.24) is 0 Å². The Labute approximate surface area is 290 Å². The number of ether oxygens (including phenoxy) is 4. The lowest BCUT2D eigenvalue weighted by Gasteiger charge is -2.28. The van der Waals surface area contributed by atoms with E-state index in [1.165, 1.54) is 60.8 Å². The van der Waals surface area contributed by atoms with Crippen LogP contribution in [0, 0.1) is 11.8 Å². The average molecular weight is 671 g/mol. The summed E-state index contributed by atoms with van der Waals surface area (Å²) in [5.74, 6) is -0.0558. The van der Waals surface area contributed by atoms with Crippen molar-refractivity contribution in [2.24, 2.45) is 11.8 Å². The highest BCUT2D eigenvalue weighted by atomic mass is 16.7. The van der Waals surface area contributed by atoms with Crippen molar-refractivity contribution >= 4 is 11.9 Å². The minimum absolute atomic E-state index is 0.0982. The summed E-state index contributed by atoms with van der Waals surface area (Å²) in [5, 5.41) is 18.3. The van der Waals surface area contributed by atoms with Crippen LogP contribution in [-0.2, 0) is 25.5 Å². The van der Waals surface area contributed by atoms with E-state index in [1.807, 2.05) is 6.07 Å². The Morgan fingerprint density at radius 1 is 0.878 bits per heavy atom. The summed E-state index contributed by atoms with van der Waals surface area (Å²) in [4.78, 5) is 23.9. The first-order valence-electron chi connectivity index (χ1n) is 17.3. The van der Waals surface area contributed by atoms with Crippen LogP contribution in [0.4, 0.5) is 0 Å². The van der Waals surface area contributed by atoms with Gasteiger partial charge < -0.3 is 29.2 Å². The van der Waals surface area contributed by atoms with Crippen molar-refractivity contribution in [3.05, 3.63) is 96.1 Å². The van der Waals surface area contributed by atoms with Crippen molar-refractivity contribution in [3.8, 4) is 33.8 Å². The molecule has 1 aliphatic carbocycles. The molecule has 0 aliphatic heterocycles. The van der Waals surface area contributed by atoms with Gasteiger partial charge in [-0.2, -0.15) is 0 Å². The lowest BCUT2D eigenvalue weighted by molar-refractivity contribution is -0.156. The summed E-state index contributed by atoms with van der Waals surface area (Å²) in [5.41, 5.74) is 6.73. The van der Waals surface area contributed by atoms with E-state index >= 15 is 0 Å². The maximum Gasteiger partial charge on any atom is 0.338 e. The quantitative estimate of drug-likeness (QED) is 0.0641. The highest BCUT2D eigenvalue weighted by Gasteiger charge is 2.22. The number of aliphatic hydroxyl groups excluding tert-OH is 2. The van der Waals surface area contributed by atoms with Gasteiger partial charge in [-0.25, -0.2) is 4.79 Å². The predicted molar refractivity (Wildman–Crippen MR) is 191 cm³/mol. The normalized spacial score (nSPS) is 16.6. The van der Waals surface area contributed by atoms with Crippen LogP contribution in [0.15, 0.2) is 85.0 Å². The van der Waals surface area contributed by atoms with Gasteiger partial charge in [0.05, 0.1) is 24.7 Å². The second kappa shape index (κ2) is 19.0. The Bertz CT molecular complexity index is 1570. The fraction of sp³-hybridized carbons (Fsp3) is 0.415. The highest BCUT2D eigenvalue weighted by molar-refractivity contribution is 5.87. The molecule has 262 valence electrons. The molecule has 0 aromatic heterocycles. The van der Waals surface area contributed by atoms with Crippen molar-refractivity contribution in [2.75, 3.05) is 26.8 Å². The Kier molecular flexibility index (Phi) is 14.5. The van der Waals surface area contributed by atoms with Crippen LogP contribution in [-0.4, -0.2) is 49.0 Å². The standard InChI is InChI=1S/C41H50O8/c1-5-7-8-9-30-10-12-32(13-11-30)33-14-16-34(17-15-33)37-20-18-35(22-31(37)6-2)36-19-21-38(46-26-48-40(44)28(3)24-42)39(23-36)47-27-49-41(45)29(4)25-43/h5,7,14-23,28,30,32,42-43H,4,6,8-13,24-27H2,1-3H3/b7-5+. The molecule has 4 rings (SSSR count). The molecule has 0 bridgehead atoms. The third-order valence-corrected chi connectivity index (χ3v) is 9.26. The van der Waals surface area contributed by atoms with Gasteiger partial charge in [-0.1, -0.05) is 74.2 Å². The Balaban J connectivity index is 1.49. The zero-order valence-corrected chi connectivity index (χ0v) is 29.0. The van der Waals surface area contributed by atoms with E-state index in [9.17, 15) is 14.7 Å². The smallest absolute Gasteiger partial charge is 0.338 e. The van der Waals surface area contributed by atoms with Crippen molar-refractivity contribution in [2.45, 2.75) is 71.6 Å². The van der Waals surface area contributed by atoms with Crippen LogP contribution >= 0.6 is 0 Å². The number of aliphatic hydroxyl groups is 2. The first kappa shape index (κ1) is 37.4. The van der Waals surface area contributed by atoms with Crippen LogP contribution in [0.5, 0.6) is 11.5 Å². The van der Waals surface area contributed by atoms with Gasteiger partial charge in [-0.3, -0.25) is 4.79 Å². The monoisotopic (exact) mass is 670 g/mol. The number of carbonyl (C=O) groups excluding carboxylic acids is 2. The molecule has 1 saturated carbocycles. The summed E-state index contributed by atoms with van der Waals surface area (Å²) >= 11 is 0. The number of hydrogen-bond acceptors (Lipinski definition) is 8. The molecule has 3 aromatic rings. The molecule has 0 saturated heterocycles. The molecule has 0 heterocycles. The van der Waals surface area contributed by atoms with Crippen molar-refractivity contribution in [3.63, 3.8) is 0 Å². The van der Waals surface area contributed by atoms with E-state index in [0.717, 1.165) is 23.5 Å². The molecule has 0 radical (unpaired) electrons. The van der Waals surface area contributed by atoms with Crippen LogP contribution in [0.2, 0.25) is 0 Å². The van der Waals surface area contributed by atoms with Gasteiger partial charge in [0.15, 0.2) is 11.5 Å². The summed E-state index contributed by atoms with van der Waals surface area (Å²) in [6.45, 7) is 7.53. The maximum absolute atomic E-state index is 12.0. The SMILES string of the molecule is C=C(CO)C(=O)OCOc1cc(-c2ccc(-c3ccc(C4CCC(CC/C=C/C)CC4)cc3)c(CC)c2)ccc1OCOC(=O)C(C)CO. The molecule has 2 N–H and O–H groups in total. The Morgan fingerprint density at radius 3 is 2.20 bits per heavy atom. The molecule has 8 heteroatoms. The van der Waals surface area contributed by atoms with Crippen molar-refractivity contribution < 1.29 is 38.7 Å². The van der Waals surface area contributed by atoms with Crippen LogP contribution in [0.3, 0.4) is 0 Å². The van der Waals surface area contributed by atoms with E-state index in [4.69, 9.17) is 24.1 Å². The molecule has 1 unspecified atom stereocenters. The molecule has 1 aliphatic rings. The van der Waals surface area contributed by atoms with Gasteiger partial charge in [0.25, 0.3) is 0 Å². The number of allylic oxidation sites excluding steroid dienone is 2. The third-order valence-electron chi connectivity index (χ3n) is 9.26. The van der Waals surface area contributed by atoms with Gasteiger partial charge in [-0.15, -0.1) is 0 Å². The van der Waals surface area contributed by atoms with Gasteiger partial charge in [0.1, 0.15) is 0 Å². The number of benzene rings is 3. The second-order valence-electron chi connectivity index (χ2n) is 12.6. The van der Waals surface area contributed by atoms with Crippen LogP contribution in [0.25, 0.3) is 22.3 Å². The average Bonchev–Trinajstić information content (AvgIpc) is 3.14. The molecule has 8 nitrogen and oxygen atoms in total. The van der Waals surface area contributed by atoms with Gasteiger partial charge in [0.2, 0.25) is 13.6 Å². The number of aryl methyl sites for hydroxylation is 1. The van der Waals surface area contributed by atoms with Crippen molar-refractivity contribution in [1.29, 1.82) is 0 Å². The molecular weight excluding hydrogens is 620 g/mol. The summed E-state index contributed by atoms with van der Waals surface area (Å²) in [6, 6.07) is 20.8. The fourth-order valence-corrected chi connectivity index (χ4v) is 6.17. The zero-order valence-electron chi connectivity index (χ0n) is 29.0. The third kappa shape index (κ3) is 10.5. The molecule has 1 atom stereocenters. The topological polar surface area (TPSA) is 112 Å². The minimum atomic E-state index is -0.785. The molecule has 3 aromatic carbocycles. The van der Waals surface area contributed by atoms with Crippen LogP contribution in [0.1, 0.15) is 76.3 Å². The van der Waals surface area contributed by atoms with Gasteiger partial charge in [0, 0.05) is 0 Å². The molecular formula is C41H50O8. The highest BCUT2D eigenvalue weighted by Crippen LogP contribution is 2.39. The van der Waals surface area contributed by atoms with Gasteiger partial charge >= 0.3 is 11.9 Å². The lowest BCUT2D eigenvalue weighted by atomic mass is 9.77. The second-order valence-corrected chi connectivity index (χ2v) is 12.6. The van der Waals surface area contributed by atoms with E-state index in [-0.39, 0.29) is 23.7 Å². The number of esters is 2. The summed E-state index contributed by atoms with van der Waals surface area (Å²) in [6.07, 6.45) is 12.9. The van der Waals surface area contributed by atoms with Gasteiger partial charge in [-0.05, 0) is 116 Å². The lowest BCUT2D eigenvalue weighted by Crippen LogP contribution is -2.20. The summed E-state index contributed by atoms with van der Waals surface area (Å²) < 4.78 is 21.6. The van der Waals surface area contributed by atoms with Crippen LogP contribution < -0.4 is 9.47 Å². The minimum Gasteiger partial charge on any atom is -0.453 e. The maximum atomic E-state index is 12.0. The first-order valence-corrected chi connectivity index (χ1v) is 17.3. The van der Waals surface area contributed by atoms with E-state index in [1.54, 1.807) is 19.1 Å². The Hall–Kier alpha value is -4.40. The summed E-state index contributed by atoms with van der Waals surface area (Å²) in [7, 11) is 0. The zero-order chi connectivity index (χ0) is 35.2. The first-order chi connectivity index (χ1) is 23.8. The number of carbonyl (C=O) groups is 2. The van der Waals surface area contributed by atoms with E-state index in [0.29, 0.717) is 5.92 Å². The fourth-order valence-electron chi connectivity index (χ4n) is 6.17. The van der Waals surface area contributed by atoms with E-state index in [2.05, 4.69) is 75.0 Å². The Morgan fingerprint density at radius 2 is 1.53 bits per heavy atom. The molecule has 0 spiro atoms.